The van der Waals surface area contributed by atoms with Gasteiger partial charge in [-0.15, -0.1) is 5.10 Å². The van der Waals surface area contributed by atoms with E-state index in [0.717, 1.165) is 16.9 Å². The molecule has 2 aliphatic heterocycles. The van der Waals surface area contributed by atoms with Gasteiger partial charge in [0.1, 0.15) is 18.4 Å². The van der Waals surface area contributed by atoms with Crippen LogP contribution in [0, 0.1) is 6.92 Å². The van der Waals surface area contributed by atoms with Gasteiger partial charge >= 0.3 is 6.18 Å². The Labute approximate surface area is 243 Å². The van der Waals surface area contributed by atoms with E-state index in [2.05, 4.69) is 25.6 Å². The van der Waals surface area contributed by atoms with Gasteiger partial charge in [-0.1, -0.05) is 6.07 Å². The van der Waals surface area contributed by atoms with E-state index in [0.29, 0.717) is 60.9 Å². The van der Waals surface area contributed by atoms with Gasteiger partial charge in [0.15, 0.2) is 17.3 Å². The standard InChI is InChI=1S/C29H26F3N9O2/c1-17-2-6-25(37-36-17)34-19-4-5-24-22(12-19)33-16-40(24)26-7-3-18(9-11-42)28(35-26)41-23-8-10-39(20-14-43-15-20)13-21(23)27(38-41)29(30,31)32/h2-7,11-12,16,20H,8-10,13-15H2,1H3,(H,34,37). The molecule has 43 heavy (non-hydrogen) atoms. The van der Waals surface area contributed by atoms with Crippen LogP contribution in [0.4, 0.5) is 24.7 Å². The van der Waals surface area contributed by atoms with Crippen molar-refractivity contribution in [1.82, 2.24) is 39.4 Å². The van der Waals surface area contributed by atoms with Crippen LogP contribution in [0.3, 0.4) is 0 Å². The molecular weight excluding hydrogens is 563 g/mol. The van der Waals surface area contributed by atoms with Crippen LogP contribution >= 0.6 is 0 Å². The van der Waals surface area contributed by atoms with Crippen LogP contribution in [0.2, 0.25) is 0 Å². The Balaban J connectivity index is 1.28. The fourth-order valence-corrected chi connectivity index (χ4v) is 5.51. The highest BCUT2D eigenvalue weighted by Gasteiger charge is 2.42. The van der Waals surface area contributed by atoms with Crippen LogP contribution in [0.5, 0.6) is 0 Å². The maximum absolute atomic E-state index is 14.2. The van der Waals surface area contributed by atoms with Gasteiger partial charge in [-0.2, -0.15) is 23.4 Å². The number of hydrogen-bond acceptors (Lipinski definition) is 9. The lowest BCUT2D eigenvalue weighted by molar-refractivity contribution is -0.142. The highest BCUT2D eigenvalue weighted by molar-refractivity contribution is 5.82. The number of imidazole rings is 1. The predicted molar refractivity (Wildman–Crippen MR) is 150 cm³/mol. The van der Waals surface area contributed by atoms with Crippen LogP contribution in [0.1, 0.15) is 28.2 Å². The molecule has 1 fully saturated rings. The summed E-state index contributed by atoms with van der Waals surface area (Å²) in [5, 5.41) is 15.4. The number of aromatic nitrogens is 7. The summed E-state index contributed by atoms with van der Waals surface area (Å²) in [5.41, 5.74) is 3.11. The molecule has 0 amide bonds. The normalized spacial score (nSPS) is 15.8. The Bertz CT molecular complexity index is 1830. The topological polar surface area (TPSA) is 116 Å². The summed E-state index contributed by atoms with van der Waals surface area (Å²) in [5.74, 6) is 1.21. The number of benzene rings is 1. The first-order valence-corrected chi connectivity index (χ1v) is 13.8. The first-order chi connectivity index (χ1) is 20.8. The van der Waals surface area contributed by atoms with Crippen molar-refractivity contribution in [2.45, 2.75) is 38.5 Å². The summed E-state index contributed by atoms with van der Waals surface area (Å²) in [6.07, 6.45) is -2.00. The zero-order chi connectivity index (χ0) is 29.7. The second kappa shape index (κ2) is 10.5. The van der Waals surface area contributed by atoms with Crippen LogP contribution in [-0.4, -0.2) is 71.5 Å². The number of halogens is 3. The van der Waals surface area contributed by atoms with Gasteiger partial charge in [-0.3, -0.25) is 9.47 Å². The van der Waals surface area contributed by atoms with Gasteiger partial charge in [0.2, 0.25) is 0 Å². The molecule has 6 heterocycles. The van der Waals surface area contributed by atoms with E-state index >= 15 is 0 Å². The summed E-state index contributed by atoms with van der Waals surface area (Å²) in [7, 11) is 0. The number of aryl methyl sites for hydroxylation is 1. The van der Waals surface area contributed by atoms with Crippen molar-refractivity contribution in [2.24, 2.45) is 0 Å². The third-order valence-electron chi connectivity index (χ3n) is 7.80. The molecule has 0 atom stereocenters. The average molecular weight is 590 g/mol. The average Bonchev–Trinajstić information content (AvgIpc) is 3.55. The number of pyridine rings is 1. The number of rotatable bonds is 7. The maximum Gasteiger partial charge on any atom is 0.435 e. The number of carbonyl (C=O) groups is 1. The quantitative estimate of drug-likeness (QED) is 0.282. The fourth-order valence-electron chi connectivity index (χ4n) is 5.51. The minimum atomic E-state index is -4.65. The first kappa shape index (κ1) is 27.2. The Hall–Kier alpha value is -4.69. The molecule has 1 N–H and O–H groups in total. The number of aldehydes is 1. The van der Waals surface area contributed by atoms with E-state index in [1.54, 1.807) is 23.0 Å². The summed E-state index contributed by atoms with van der Waals surface area (Å²) in [4.78, 5) is 22.8. The van der Waals surface area contributed by atoms with E-state index in [9.17, 15) is 18.0 Å². The minimum absolute atomic E-state index is 0.0221. The second-order valence-electron chi connectivity index (χ2n) is 10.6. The van der Waals surface area contributed by atoms with E-state index in [-0.39, 0.29) is 30.4 Å². The zero-order valence-electron chi connectivity index (χ0n) is 23.0. The SMILES string of the molecule is Cc1ccc(Nc2ccc3c(c2)ncn3-c2ccc(CC=O)c(-n3nc(C(F)(F)F)c4c3CCN(C3COC3)C4)n2)nn1. The molecule has 220 valence electrons. The molecule has 1 aromatic carbocycles. The van der Waals surface area contributed by atoms with E-state index in [4.69, 9.17) is 9.72 Å². The molecule has 2 aliphatic rings. The molecule has 0 saturated carbocycles. The lowest BCUT2D eigenvalue weighted by atomic mass is 10.0. The van der Waals surface area contributed by atoms with Crippen molar-refractivity contribution in [2.75, 3.05) is 25.1 Å². The van der Waals surface area contributed by atoms with Crippen LogP contribution in [0.15, 0.2) is 48.8 Å². The van der Waals surface area contributed by atoms with Crippen molar-refractivity contribution < 1.29 is 22.7 Å². The van der Waals surface area contributed by atoms with E-state index in [1.807, 2.05) is 42.2 Å². The fraction of sp³-hybridized carbons (Fsp3) is 0.310. The number of anilines is 2. The highest BCUT2D eigenvalue weighted by Crippen LogP contribution is 2.37. The predicted octanol–water partition coefficient (Wildman–Crippen LogP) is 3.97. The Morgan fingerprint density at radius 1 is 1.12 bits per heavy atom. The Morgan fingerprint density at radius 2 is 1.98 bits per heavy atom. The van der Waals surface area contributed by atoms with Gasteiger partial charge in [-0.05, 0) is 43.3 Å². The molecule has 0 bridgehead atoms. The van der Waals surface area contributed by atoms with Crippen molar-refractivity contribution >= 4 is 28.8 Å². The maximum atomic E-state index is 14.2. The Kier molecular flexibility index (Phi) is 6.66. The van der Waals surface area contributed by atoms with Gasteiger partial charge in [0.25, 0.3) is 0 Å². The van der Waals surface area contributed by atoms with Crippen molar-refractivity contribution in [3.8, 4) is 11.6 Å². The zero-order valence-corrected chi connectivity index (χ0v) is 23.0. The van der Waals surface area contributed by atoms with Gasteiger partial charge < -0.3 is 14.8 Å². The second-order valence-corrected chi connectivity index (χ2v) is 10.6. The Morgan fingerprint density at radius 3 is 2.70 bits per heavy atom. The van der Waals surface area contributed by atoms with E-state index in [1.165, 1.54) is 4.68 Å². The molecule has 1 saturated heterocycles. The van der Waals surface area contributed by atoms with Gasteiger partial charge in [0, 0.05) is 42.7 Å². The smallest absolute Gasteiger partial charge is 0.378 e. The number of nitrogens with zero attached hydrogens (tertiary/aromatic N) is 8. The number of alkyl halides is 3. The molecule has 11 nitrogen and oxygen atoms in total. The summed E-state index contributed by atoms with van der Waals surface area (Å²) in [6.45, 7) is 3.57. The number of nitrogens with one attached hydrogen (secondary N) is 1. The summed E-state index contributed by atoms with van der Waals surface area (Å²) >= 11 is 0. The number of hydrogen-bond donors (Lipinski definition) is 1. The largest absolute Gasteiger partial charge is 0.435 e. The van der Waals surface area contributed by atoms with Crippen LogP contribution in [0.25, 0.3) is 22.7 Å². The van der Waals surface area contributed by atoms with Crippen molar-refractivity contribution in [1.29, 1.82) is 0 Å². The molecule has 14 heteroatoms. The van der Waals surface area contributed by atoms with Crippen LogP contribution in [-0.2, 0) is 35.1 Å². The van der Waals surface area contributed by atoms with Crippen LogP contribution < -0.4 is 5.32 Å². The molecule has 7 rings (SSSR count). The third-order valence-corrected chi connectivity index (χ3v) is 7.80. The van der Waals surface area contributed by atoms with Gasteiger partial charge in [-0.25, -0.2) is 14.6 Å². The molecule has 4 aromatic heterocycles. The van der Waals surface area contributed by atoms with Gasteiger partial charge in [0.05, 0.1) is 41.7 Å². The molecule has 0 radical (unpaired) electrons. The lowest BCUT2D eigenvalue weighted by Crippen LogP contribution is -2.50. The minimum Gasteiger partial charge on any atom is -0.378 e. The third kappa shape index (κ3) is 5.02. The lowest BCUT2D eigenvalue weighted by Gasteiger charge is -2.39. The van der Waals surface area contributed by atoms with Crippen molar-refractivity contribution in [3.63, 3.8) is 0 Å². The van der Waals surface area contributed by atoms with Crippen molar-refractivity contribution in [3.05, 3.63) is 77.0 Å². The first-order valence-electron chi connectivity index (χ1n) is 13.8. The number of ether oxygens (including phenoxy) is 1. The molecule has 0 unspecified atom stereocenters. The number of carbonyl (C=O) groups excluding carboxylic acids is 1. The summed E-state index contributed by atoms with van der Waals surface area (Å²) in [6, 6.07) is 12.8. The number of fused-ring (bicyclic) bond motifs is 2. The van der Waals surface area contributed by atoms with E-state index < -0.39 is 11.9 Å². The molecule has 0 aliphatic carbocycles. The monoisotopic (exact) mass is 589 g/mol. The molecule has 0 spiro atoms. The summed E-state index contributed by atoms with van der Waals surface area (Å²) < 4.78 is 51.0. The molecule has 5 aromatic rings. The highest BCUT2D eigenvalue weighted by atomic mass is 19.4. The molecular formula is C29H26F3N9O2.